The van der Waals surface area contributed by atoms with Crippen molar-refractivity contribution >= 4 is 41.5 Å². The minimum Gasteiger partial charge on any atom is -0.480 e. The Morgan fingerprint density at radius 1 is 0.795 bits per heavy atom. The zero-order valence-corrected chi connectivity index (χ0v) is 27.8. The summed E-state index contributed by atoms with van der Waals surface area (Å²) in [5.74, 6) is -5.27. The van der Waals surface area contributed by atoms with Crippen LogP contribution < -0.4 is 16.0 Å². The molecular formula is C30H52N4O10. The number of rotatable bonds is 17. The van der Waals surface area contributed by atoms with Crippen LogP contribution in [0.2, 0.25) is 0 Å². The summed E-state index contributed by atoms with van der Waals surface area (Å²) in [7, 11) is 3.20. The Balaban J connectivity index is 5.64. The number of nitrogens with one attached hydrogen (secondary N) is 3. The van der Waals surface area contributed by atoms with Crippen molar-refractivity contribution in [2.24, 2.45) is 11.8 Å². The summed E-state index contributed by atoms with van der Waals surface area (Å²) >= 11 is 0. The Hall–Kier alpha value is -3.71. The van der Waals surface area contributed by atoms with Gasteiger partial charge < -0.3 is 35.4 Å². The van der Waals surface area contributed by atoms with E-state index in [9.17, 15) is 38.7 Å². The Labute approximate surface area is 260 Å². The van der Waals surface area contributed by atoms with Crippen LogP contribution in [0.25, 0.3) is 0 Å². The van der Waals surface area contributed by atoms with E-state index in [1.54, 1.807) is 69.5 Å². The maximum Gasteiger partial charge on any atom is 0.407 e. The molecule has 0 spiro atoms. The van der Waals surface area contributed by atoms with E-state index in [1.165, 1.54) is 4.90 Å². The van der Waals surface area contributed by atoms with Crippen molar-refractivity contribution in [1.29, 1.82) is 0 Å². The zero-order chi connectivity index (χ0) is 34.4. The number of hydrogen-bond donors (Lipinski definition) is 4. The molecule has 0 aromatic rings. The molecule has 0 bridgehead atoms. The number of ether oxygens (including phenoxy) is 2. The highest BCUT2D eigenvalue weighted by molar-refractivity contribution is 5.94. The first kappa shape index (κ1) is 40.3. The zero-order valence-electron chi connectivity index (χ0n) is 27.8. The third kappa shape index (κ3) is 18.1. The maximum absolute atomic E-state index is 13.4. The molecule has 14 heteroatoms. The highest BCUT2D eigenvalue weighted by Gasteiger charge is 2.33. The summed E-state index contributed by atoms with van der Waals surface area (Å²) in [6.07, 6.45) is -1.12. The van der Waals surface area contributed by atoms with E-state index in [1.807, 2.05) is 0 Å². The lowest BCUT2D eigenvalue weighted by molar-refractivity contribution is -0.155. The lowest BCUT2D eigenvalue weighted by atomic mass is 9.87. The number of nitrogens with zero attached hydrogens (tertiary/aromatic N) is 1. The fourth-order valence-electron chi connectivity index (χ4n) is 3.83. The number of hydrogen-bond acceptors (Lipinski definition) is 9. The first-order valence-corrected chi connectivity index (χ1v) is 14.8. The van der Waals surface area contributed by atoms with Crippen molar-refractivity contribution in [2.45, 2.75) is 117 Å². The first-order chi connectivity index (χ1) is 20.0. The predicted octanol–water partition coefficient (Wildman–Crippen LogP) is 2.18. The molecular weight excluding hydrogens is 576 g/mol. The van der Waals surface area contributed by atoms with Crippen molar-refractivity contribution in [3.8, 4) is 0 Å². The number of esters is 1. The number of aliphatic carboxylic acids is 1. The molecule has 0 saturated heterocycles. The molecule has 0 unspecified atom stereocenters. The summed E-state index contributed by atoms with van der Waals surface area (Å²) in [6, 6.07) is -2.63. The molecule has 252 valence electrons. The number of Topliss-reactive ketones (excluding diaryl/α,β-unsaturated/α-hetero) is 1. The second kappa shape index (κ2) is 18.2. The first-order valence-electron chi connectivity index (χ1n) is 14.8. The van der Waals surface area contributed by atoms with Crippen molar-refractivity contribution < 1.29 is 48.1 Å². The average molecular weight is 629 g/mol. The van der Waals surface area contributed by atoms with Crippen LogP contribution in [0.15, 0.2) is 0 Å². The van der Waals surface area contributed by atoms with E-state index >= 15 is 0 Å². The minimum absolute atomic E-state index is 0.0329. The fourth-order valence-corrected chi connectivity index (χ4v) is 3.83. The van der Waals surface area contributed by atoms with Crippen LogP contribution in [-0.4, -0.2) is 95.5 Å². The number of carbonyl (C=O) groups is 7. The number of carboxylic acid groups (broad SMARTS) is 1. The van der Waals surface area contributed by atoms with Gasteiger partial charge >= 0.3 is 18.0 Å². The van der Waals surface area contributed by atoms with E-state index in [-0.39, 0.29) is 44.4 Å². The summed E-state index contributed by atoms with van der Waals surface area (Å²) in [5, 5.41) is 16.9. The monoisotopic (exact) mass is 628 g/mol. The molecule has 0 radical (unpaired) electrons. The molecule has 44 heavy (non-hydrogen) atoms. The van der Waals surface area contributed by atoms with Crippen molar-refractivity contribution in [2.75, 3.05) is 20.6 Å². The molecule has 0 aromatic heterocycles. The van der Waals surface area contributed by atoms with E-state index < -0.39 is 77.3 Å². The van der Waals surface area contributed by atoms with Gasteiger partial charge in [0.25, 0.3) is 0 Å². The van der Waals surface area contributed by atoms with Gasteiger partial charge in [0.1, 0.15) is 17.2 Å². The van der Waals surface area contributed by atoms with Crippen LogP contribution >= 0.6 is 0 Å². The van der Waals surface area contributed by atoms with Gasteiger partial charge in [0.05, 0.1) is 12.6 Å². The highest BCUT2D eigenvalue weighted by atomic mass is 16.6. The quantitative estimate of drug-likeness (QED) is 0.173. The Bertz CT molecular complexity index is 1030. The molecule has 0 aliphatic rings. The van der Waals surface area contributed by atoms with Crippen molar-refractivity contribution in [1.82, 2.24) is 20.9 Å². The van der Waals surface area contributed by atoms with Crippen LogP contribution in [-0.2, 0) is 38.2 Å². The fraction of sp³-hybridized carbons (Fsp3) is 0.767. The predicted molar refractivity (Wildman–Crippen MR) is 161 cm³/mol. The highest BCUT2D eigenvalue weighted by Crippen LogP contribution is 2.19. The number of carbonyl (C=O) groups excluding carboxylic acids is 6. The average Bonchev–Trinajstić information content (AvgIpc) is 2.84. The van der Waals surface area contributed by atoms with Crippen LogP contribution in [0.1, 0.15) is 93.9 Å². The van der Waals surface area contributed by atoms with Crippen molar-refractivity contribution in [3.05, 3.63) is 0 Å². The molecule has 0 fully saturated rings. The van der Waals surface area contributed by atoms with Gasteiger partial charge in [0.2, 0.25) is 17.7 Å². The lowest BCUT2D eigenvalue weighted by Crippen LogP contribution is -2.51. The van der Waals surface area contributed by atoms with Crippen LogP contribution in [0.5, 0.6) is 0 Å². The molecule has 0 heterocycles. The van der Waals surface area contributed by atoms with E-state index in [0.29, 0.717) is 0 Å². The summed E-state index contributed by atoms with van der Waals surface area (Å²) in [4.78, 5) is 88.6. The number of carboxylic acids is 1. The van der Waals surface area contributed by atoms with Gasteiger partial charge in [0.15, 0.2) is 5.78 Å². The van der Waals surface area contributed by atoms with E-state index in [4.69, 9.17) is 9.47 Å². The molecule has 0 rings (SSSR count). The van der Waals surface area contributed by atoms with Gasteiger partial charge in [-0.05, 0) is 60.3 Å². The number of ketones is 1. The Kier molecular flexibility index (Phi) is 16.6. The van der Waals surface area contributed by atoms with Gasteiger partial charge in [-0.2, -0.15) is 0 Å². The summed E-state index contributed by atoms with van der Waals surface area (Å²) in [5.41, 5.74) is -1.56. The topological polar surface area (TPSA) is 198 Å². The van der Waals surface area contributed by atoms with Crippen LogP contribution in [0.3, 0.4) is 0 Å². The van der Waals surface area contributed by atoms with Gasteiger partial charge in [-0.15, -0.1) is 0 Å². The van der Waals surface area contributed by atoms with Gasteiger partial charge in [-0.3, -0.25) is 24.0 Å². The summed E-state index contributed by atoms with van der Waals surface area (Å²) in [6.45, 7) is 12.9. The molecule has 4 N–H and O–H groups in total. The van der Waals surface area contributed by atoms with Gasteiger partial charge in [0, 0.05) is 45.7 Å². The van der Waals surface area contributed by atoms with E-state index in [2.05, 4.69) is 16.0 Å². The SMILES string of the molecule is CC(C)[C@H](CC(=O)[C@H](CCC(=O)OC(C)(C)C)NC(=O)CCCC(=O)N(C)C)C(=O)N[C@@H](CNC(=O)OC(C)(C)C)C(=O)O. The minimum atomic E-state index is -1.50. The Morgan fingerprint density at radius 2 is 1.36 bits per heavy atom. The second-order valence-electron chi connectivity index (χ2n) is 13.2. The molecule has 14 nitrogen and oxygen atoms in total. The lowest BCUT2D eigenvalue weighted by Gasteiger charge is -2.26. The van der Waals surface area contributed by atoms with Crippen molar-refractivity contribution in [3.63, 3.8) is 0 Å². The Morgan fingerprint density at radius 3 is 1.84 bits per heavy atom. The largest absolute Gasteiger partial charge is 0.480 e. The third-order valence-corrected chi connectivity index (χ3v) is 6.10. The van der Waals surface area contributed by atoms with Crippen LogP contribution in [0.4, 0.5) is 4.79 Å². The standard InChI is InChI=1S/C30H52N4O10/c1-18(2)19(26(39)33-21(27(40)41)17-31-28(42)44-30(6,7)8)16-22(35)20(14-15-25(38)43-29(3,4)5)32-23(36)12-11-13-24(37)34(9)10/h18-21H,11-17H2,1-10H3,(H,31,42)(H,32,36)(H,33,39)(H,40,41)/t19-,20-,21-/m0/s1. The third-order valence-electron chi connectivity index (χ3n) is 6.10. The van der Waals surface area contributed by atoms with Gasteiger partial charge in [-0.25, -0.2) is 9.59 Å². The molecule has 0 saturated carbocycles. The number of alkyl carbamates (subject to hydrolysis) is 1. The van der Waals surface area contributed by atoms with E-state index in [0.717, 1.165) is 0 Å². The number of amides is 4. The van der Waals surface area contributed by atoms with Crippen LogP contribution in [0, 0.1) is 11.8 Å². The molecule has 3 atom stereocenters. The molecule has 0 aromatic carbocycles. The second-order valence-corrected chi connectivity index (χ2v) is 13.2. The molecule has 4 amide bonds. The molecule has 0 aliphatic carbocycles. The normalized spacial score (nSPS) is 13.6. The van der Waals surface area contributed by atoms with Gasteiger partial charge in [-0.1, -0.05) is 13.8 Å². The smallest absolute Gasteiger partial charge is 0.407 e. The summed E-state index contributed by atoms with van der Waals surface area (Å²) < 4.78 is 10.4. The molecule has 0 aliphatic heterocycles. The maximum atomic E-state index is 13.4.